The van der Waals surface area contributed by atoms with Gasteiger partial charge >= 0.3 is 0 Å². The molecule has 5 unspecified atom stereocenters. The lowest BCUT2D eigenvalue weighted by atomic mass is 9.98. The highest BCUT2D eigenvalue weighted by molar-refractivity contribution is 5.90. The quantitative estimate of drug-likeness (QED) is 0.0282. The standard InChI is InChI=1S/C48H95N9O6/c1-2-3-13-26-40(27-14-10-12-25-38-58)54-43(30-18-22-35-51)48(63)57-42(29-17-21-34-50)46(61)53-37-24-11-8-6-4-5-7-9-15-32-45(60)56-44(31-19-23-36-52)47(62)55-41(39-59)28-16-20-33-49/h38-44,54H,2-37,49-52H2,1H3,(H,53,61)(H,55,62)(H,56,60)(H,57,63). The van der Waals surface area contributed by atoms with Gasteiger partial charge in [-0.3, -0.25) is 19.2 Å². The molecule has 0 saturated carbocycles. The second-order valence-electron chi connectivity index (χ2n) is 17.5. The van der Waals surface area contributed by atoms with E-state index in [9.17, 15) is 28.8 Å². The Labute approximate surface area is 382 Å². The van der Waals surface area contributed by atoms with Crippen LogP contribution in [0.4, 0.5) is 0 Å². The Morgan fingerprint density at radius 3 is 1.46 bits per heavy atom. The molecule has 63 heavy (non-hydrogen) atoms. The first-order chi connectivity index (χ1) is 30.7. The van der Waals surface area contributed by atoms with Gasteiger partial charge in [-0.2, -0.15) is 0 Å². The molecule has 368 valence electrons. The largest absolute Gasteiger partial charge is 0.354 e. The summed E-state index contributed by atoms with van der Waals surface area (Å²) in [5.74, 6) is -0.757. The number of carbonyl (C=O) groups excluding carboxylic acids is 6. The number of rotatable bonds is 47. The summed E-state index contributed by atoms with van der Waals surface area (Å²) in [7, 11) is 0. The SMILES string of the molecule is CCCCCC(CCCCCC=O)NC(CCCCN)C(=O)NC(CCCCN)C(=O)NCCCCCCCCCCCC(=O)NC(CCCCN)C(=O)NC(C=O)CCCCN. The molecule has 0 spiro atoms. The van der Waals surface area contributed by atoms with Crippen LogP contribution in [-0.4, -0.2) is 99.1 Å². The van der Waals surface area contributed by atoms with Crippen LogP contribution in [0.2, 0.25) is 0 Å². The van der Waals surface area contributed by atoms with Crippen molar-refractivity contribution in [2.45, 2.75) is 236 Å². The molecule has 4 amide bonds. The number of carbonyl (C=O) groups is 6. The van der Waals surface area contributed by atoms with Crippen LogP contribution in [-0.2, 0) is 28.8 Å². The third kappa shape index (κ3) is 35.0. The van der Waals surface area contributed by atoms with E-state index in [0.717, 1.165) is 167 Å². The van der Waals surface area contributed by atoms with E-state index in [1.807, 2.05) is 0 Å². The number of nitrogens with one attached hydrogen (secondary N) is 5. The molecule has 0 heterocycles. The van der Waals surface area contributed by atoms with Gasteiger partial charge in [0.2, 0.25) is 23.6 Å². The van der Waals surface area contributed by atoms with Crippen molar-refractivity contribution in [3.05, 3.63) is 0 Å². The lowest BCUT2D eigenvalue weighted by molar-refractivity contribution is -0.130. The zero-order valence-corrected chi connectivity index (χ0v) is 39.8. The number of aldehydes is 2. The van der Waals surface area contributed by atoms with E-state index in [4.69, 9.17) is 22.9 Å². The number of unbranched alkanes of at least 4 members (excludes halogenated alkanes) is 17. The third-order valence-electron chi connectivity index (χ3n) is 11.8. The molecule has 0 aromatic heterocycles. The molecule has 0 aliphatic rings. The minimum absolute atomic E-state index is 0.133. The van der Waals surface area contributed by atoms with E-state index in [1.165, 1.54) is 0 Å². The fourth-order valence-corrected chi connectivity index (χ4v) is 7.83. The highest BCUT2D eigenvalue weighted by Gasteiger charge is 2.27. The lowest BCUT2D eigenvalue weighted by Crippen LogP contribution is -2.54. The maximum atomic E-state index is 13.8. The summed E-state index contributed by atoms with van der Waals surface area (Å²) in [5, 5.41) is 15.5. The van der Waals surface area contributed by atoms with Crippen LogP contribution >= 0.6 is 0 Å². The molecule has 0 fully saturated rings. The second kappa shape index (κ2) is 44.2. The summed E-state index contributed by atoms with van der Waals surface area (Å²) in [6, 6.07) is -2.10. The molecule has 15 heteroatoms. The van der Waals surface area contributed by atoms with Crippen LogP contribution in [0.5, 0.6) is 0 Å². The van der Waals surface area contributed by atoms with Crippen molar-refractivity contribution in [2.75, 3.05) is 32.7 Å². The average Bonchev–Trinajstić information content (AvgIpc) is 3.27. The highest BCUT2D eigenvalue weighted by Crippen LogP contribution is 2.16. The van der Waals surface area contributed by atoms with Crippen molar-refractivity contribution in [3.63, 3.8) is 0 Å². The van der Waals surface area contributed by atoms with Crippen molar-refractivity contribution < 1.29 is 28.8 Å². The summed E-state index contributed by atoms with van der Waals surface area (Å²) in [6.07, 6.45) is 28.3. The number of nitrogens with two attached hydrogens (primary N) is 4. The molecule has 0 rings (SSSR count). The molecule has 15 nitrogen and oxygen atoms in total. The molecule has 0 radical (unpaired) electrons. The predicted molar refractivity (Wildman–Crippen MR) is 257 cm³/mol. The molecular weight excluding hydrogens is 799 g/mol. The van der Waals surface area contributed by atoms with Gasteiger partial charge in [-0.1, -0.05) is 90.4 Å². The predicted octanol–water partition coefficient (Wildman–Crippen LogP) is 5.23. The van der Waals surface area contributed by atoms with E-state index >= 15 is 0 Å². The topological polar surface area (TPSA) is 267 Å². The van der Waals surface area contributed by atoms with E-state index in [0.29, 0.717) is 77.7 Å². The maximum Gasteiger partial charge on any atom is 0.243 e. The highest BCUT2D eigenvalue weighted by atomic mass is 16.2. The van der Waals surface area contributed by atoms with Crippen LogP contribution in [0.25, 0.3) is 0 Å². The van der Waals surface area contributed by atoms with E-state index in [1.54, 1.807) is 0 Å². The van der Waals surface area contributed by atoms with Crippen molar-refractivity contribution in [2.24, 2.45) is 22.9 Å². The summed E-state index contributed by atoms with van der Waals surface area (Å²) in [6.45, 7) is 4.91. The first-order valence-electron chi connectivity index (χ1n) is 25.3. The van der Waals surface area contributed by atoms with E-state index in [2.05, 4.69) is 33.5 Å². The van der Waals surface area contributed by atoms with Crippen LogP contribution in [0.3, 0.4) is 0 Å². The Morgan fingerprint density at radius 1 is 0.460 bits per heavy atom. The minimum Gasteiger partial charge on any atom is -0.354 e. The fraction of sp³-hybridized carbons (Fsp3) is 0.875. The zero-order valence-electron chi connectivity index (χ0n) is 39.8. The monoisotopic (exact) mass is 894 g/mol. The van der Waals surface area contributed by atoms with Crippen LogP contribution in [0.1, 0.15) is 206 Å². The summed E-state index contributed by atoms with van der Waals surface area (Å²) >= 11 is 0. The Bertz CT molecular complexity index is 1150. The van der Waals surface area contributed by atoms with Crippen LogP contribution in [0.15, 0.2) is 0 Å². The Hall–Kier alpha value is -2.98. The summed E-state index contributed by atoms with van der Waals surface area (Å²) in [5.41, 5.74) is 22.8. The Kier molecular flexibility index (Phi) is 42.1. The minimum atomic E-state index is -0.685. The maximum absolute atomic E-state index is 13.8. The van der Waals surface area contributed by atoms with Crippen molar-refractivity contribution in [1.82, 2.24) is 26.6 Å². The molecule has 0 aliphatic carbocycles. The molecule has 5 atom stereocenters. The number of hydrogen-bond donors (Lipinski definition) is 9. The number of hydrogen-bond acceptors (Lipinski definition) is 11. The summed E-state index contributed by atoms with van der Waals surface area (Å²) < 4.78 is 0. The lowest BCUT2D eigenvalue weighted by Gasteiger charge is -2.28. The third-order valence-corrected chi connectivity index (χ3v) is 11.8. The van der Waals surface area contributed by atoms with Crippen LogP contribution < -0.4 is 49.5 Å². The van der Waals surface area contributed by atoms with Crippen molar-refractivity contribution in [1.29, 1.82) is 0 Å². The van der Waals surface area contributed by atoms with Gasteiger partial charge < -0.3 is 59.1 Å². The van der Waals surface area contributed by atoms with Gasteiger partial charge in [0.05, 0.1) is 12.1 Å². The van der Waals surface area contributed by atoms with Crippen LogP contribution in [0, 0.1) is 0 Å². The molecule has 0 bridgehead atoms. The Balaban J connectivity index is 4.77. The second-order valence-corrected chi connectivity index (χ2v) is 17.5. The van der Waals surface area contributed by atoms with Gasteiger partial charge in [0.1, 0.15) is 24.7 Å². The van der Waals surface area contributed by atoms with E-state index in [-0.39, 0.29) is 29.7 Å². The number of amides is 4. The molecule has 0 saturated heterocycles. The van der Waals surface area contributed by atoms with E-state index < -0.39 is 24.2 Å². The molecule has 0 aromatic rings. The molecule has 13 N–H and O–H groups in total. The summed E-state index contributed by atoms with van der Waals surface area (Å²) in [4.78, 5) is 75.2. The van der Waals surface area contributed by atoms with Gasteiger partial charge in [-0.25, -0.2) is 0 Å². The van der Waals surface area contributed by atoms with Gasteiger partial charge in [-0.15, -0.1) is 0 Å². The molecular formula is C48H95N9O6. The van der Waals surface area contributed by atoms with Crippen molar-refractivity contribution in [3.8, 4) is 0 Å². The first kappa shape index (κ1) is 60.0. The van der Waals surface area contributed by atoms with Gasteiger partial charge in [-0.05, 0) is 129 Å². The molecule has 0 aromatic carbocycles. The van der Waals surface area contributed by atoms with Gasteiger partial charge in [0.25, 0.3) is 0 Å². The normalized spacial score (nSPS) is 13.7. The van der Waals surface area contributed by atoms with Crippen molar-refractivity contribution >= 4 is 36.2 Å². The zero-order chi connectivity index (χ0) is 46.6. The smallest absolute Gasteiger partial charge is 0.243 e. The molecule has 0 aliphatic heterocycles. The fourth-order valence-electron chi connectivity index (χ4n) is 7.83. The van der Waals surface area contributed by atoms with Gasteiger partial charge in [0.15, 0.2) is 0 Å². The average molecular weight is 894 g/mol. The first-order valence-corrected chi connectivity index (χ1v) is 25.3. The van der Waals surface area contributed by atoms with Gasteiger partial charge in [0, 0.05) is 25.4 Å². The Morgan fingerprint density at radius 2 is 0.921 bits per heavy atom.